The normalized spacial score (nSPS) is 13.4. The highest BCUT2D eigenvalue weighted by molar-refractivity contribution is 14.1. The molecule has 1 aliphatic rings. The van der Waals surface area contributed by atoms with Gasteiger partial charge < -0.3 is 4.90 Å². The van der Waals surface area contributed by atoms with Crippen molar-refractivity contribution >= 4 is 50.1 Å². The van der Waals surface area contributed by atoms with Gasteiger partial charge in [-0.05, 0) is 80.8 Å². The molecule has 1 aliphatic heterocycles. The zero-order valence-electron chi connectivity index (χ0n) is 10.4. The molecular weight excluding hydrogens is 436 g/mol. The van der Waals surface area contributed by atoms with Crippen LogP contribution >= 0.6 is 38.5 Å². The molecule has 0 unspecified atom stereocenters. The van der Waals surface area contributed by atoms with Crippen molar-refractivity contribution in [3.8, 4) is 0 Å². The summed E-state index contributed by atoms with van der Waals surface area (Å²) in [5.41, 5.74) is 2.30. The first-order valence-corrected chi connectivity index (χ1v) is 7.99. The summed E-state index contributed by atoms with van der Waals surface area (Å²) in [6.45, 7) is 0.593. The smallest absolute Gasteiger partial charge is 0.259 e. The van der Waals surface area contributed by atoms with Crippen molar-refractivity contribution in [1.29, 1.82) is 0 Å². The van der Waals surface area contributed by atoms with Crippen LogP contribution in [0.5, 0.6) is 0 Å². The van der Waals surface area contributed by atoms with Crippen molar-refractivity contribution in [3.63, 3.8) is 0 Å². The maximum atomic E-state index is 13.4. The molecule has 0 N–H and O–H groups in total. The van der Waals surface area contributed by atoms with Crippen LogP contribution < -0.4 is 4.90 Å². The number of benzene rings is 2. The fourth-order valence-corrected chi connectivity index (χ4v) is 3.28. The number of rotatable bonds is 1. The van der Waals surface area contributed by atoms with Crippen molar-refractivity contribution < 1.29 is 9.18 Å². The van der Waals surface area contributed by atoms with Crippen LogP contribution in [0.1, 0.15) is 15.9 Å². The second-order valence-corrected chi connectivity index (χ2v) is 6.70. The van der Waals surface area contributed by atoms with Crippen molar-refractivity contribution in [2.75, 3.05) is 11.4 Å². The highest BCUT2D eigenvalue weighted by Crippen LogP contribution is 2.31. The summed E-state index contributed by atoms with van der Waals surface area (Å²) in [5.74, 6) is -0.412. The maximum Gasteiger partial charge on any atom is 0.259 e. The van der Waals surface area contributed by atoms with E-state index in [2.05, 4.69) is 38.5 Å². The molecule has 1 amide bonds. The molecule has 0 aromatic heterocycles. The lowest BCUT2D eigenvalue weighted by Crippen LogP contribution is -2.29. The Kier molecular flexibility index (Phi) is 3.81. The third kappa shape index (κ3) is 2.48. The number of halogens is 3. The predicted molar refractivity (Wildman–Crippen MR) is 88.6 cm³/mol. The van der Waals surface area contributed by atoms with Gasteiger partial charge in [0, 0.05) is 14.6 Å². The van der Waals surface area contributed by atoms with E-state index >= 15 is 0 Å². The first-order valence-electron chi connectivity index (χ1n) is 6.11. The first-order chi connectivity index (χ1) is 9.56. The summed E-state index contributed by atoms with van der Waals surface area (Å²) >= 11 is 5.58. The van der Waals surface area contributed by atoms with Crippen LogP contribution in [0.4, 0.5) is 10.1 Å². The molecule has 20 heavy (non-hydrogen) atoms. The standard InChI is InChI=1S/C15H10BrFINO/c16-13-4-3-11(18)8-12(13)15(20)19-6-5-9-1-2-10(17)7-14(9)19/h1-4,7-8H,5-6H2. The molecule has 0 saturated carbocycles. The van der Waals surface area contributed by atoms with Gasteiger partial charge in [0.15, 0.2) is 0 Å². The third-order valence-corrected chi connectivity index (χ3v) is 4.71. The molecule has 0 saturated heterocycles. The minimum atomic E-state index is -0.315. The summed E-state index contributed by atoms with van der Waals surface area (Å²) in [6, 6.07) is 10.2. The van der Waals surface area contributed by atoms with Gasteiger partial charge >= 0.3 is 0 Å². The van der Waals surface area contributed by atoms with Gasteiger partial charge in [0.05, 0.1) is 11.3 Å². The number of nitrogens with zero attached hydrogens (tertiary/aromatic N) is 1. The molecule has 3 rings (SSSR count). The molecule has 5 heteroatoms. The SMILES string of the molecule is O=C(c1cc(I)ccc1Br)N1CCc2ccc(F)cc21. The minimum Gasteiger partial charge on any atom is -0.308 e. The van der Waals surface area contributed by atoms with Crippen molar-refractivity contribution in [2.24, 2.45) is 0 Å². The lowest BCUT2D eigenvalue weighted by Gasteiger charge is -2.18. The largest absolute Gasteiger partial charge is 0.308 e. The van der Waals surface area contributed by atoms with E-state index in [0.29, 0.717) is 17.8 Å². The number of carbonyl (C=O) groups excluding carboxylic acids is 1. The van der Waals surface area contributed by atoms with E-state index in [-0.39, 0.29) is 11.7 Å². The fourth-order valence-electron chi connectivity index (χ4n) is 2.37. The predicted octanol–water partition coefficient (Wildman–Crippen LogP) is 4.40. The maximum absolute atomic E-state index is 13.4. The van der Waals surface area contributed by atoms with E-state index < -0.39 is 0 Å². The quantitative estimate of drug-likeness (QED) is 0.596. The van der Waals surface area contributed by atoms with E-state index in [1.807, 2.05) is 18.2 Å². The number of hydrogen-bond acceptors (Lipinski definition) is 1. The summed E-state index contributed by atoms with van der Waals surface area (Å²) in [4.78, 5) is 14.3. The Hall–Kier alpha value is -0.950. The second-order valence-electron chi connectivity index (χ2n) is 4.60. The molecule has 1 heterocycles. The van der Waals surface area contributed by atoms with Crippen molar-refractivity contribution in [2.45, 2.75) is 6.42 Å². The monoisotopic (exact) mass is 445 g/mol. The molecule has 0 aliphatic carbocycles. The van der Waals surface area contributed by atoms with Crippen LogP contribution in [0.15, 0.2) is 40.9 Å². The van der Waals surface area contributed by atoms with Crippen LogP contribution in [-0.2, 0) is 6.42 Å². The molecule has 2 nitrogen and oxygen atoms in total. The van der Waals surface area contributed by atoms with E-state index in [4.69, 9.17) is 0 Å². The van der Waals surface area contributed by atoms with Crippen molar-refractivity contribution in [3.05, 3.63) is 61.4 Å². The lowest BCUT2D eigenvalue weighted by molar-refractivity contribution is 0.0988. The molecule has 102 valence electrons. The van der Waals surface area contributed by atoms with E-state index in [9.17, 15) is 9.18 Å². The second kappa shape index (κ2) is 5.44. The summed E-state index contributed by atoms with van der Waals surface area (Å²) in [5, 5.41) is 0. The van der Waals surface area contributed by atoms with Gasteiger partial charge in [-0.1, -0.05) is 6.07 Å². The number of hydrogen-bond donors (Lipinski definition) is 0. The molecule has 0 bridgehead atoms. The van der Waals surface area contributed by atoms with Crippen LogP contribution in [0.2, 0.25) is 0 Å². The lowest BCUT2D eigenvalue weighted by atomic mass is 10.1. The van der Waals surface area contributed by atoms with Gasteiger partial charge in [-0.2, -0.15) is 0 Å². The minimum absolute atomic E-state index is 0.0975. The van der Waals surface area contributed by atoms with Crippen LogP contribution in [0.3, 0.4) is 0 Å². The Bertz CT molecular complexity index is 704. The molecule has 0 atom stereocenters. The summed E-state index contributed by atoms with van der Waals surface area (Å²) < 4.78 is 15.1. The first kappa shape index (κ1) is 14.0. The molecule has 0 spiro atoms. The van der Waals surface area contributed by atoms with Gasteiger partial charge in [0.1, 0.15) is 5.82 Å². The fraction of sp³-hybridized carbons (Fsp3) is 0.133. The van der Waals surface area contributed by atoms with Crippen LogP contribution in [-0.4, -0.2) is 12.5 Å². The molecular formula is C15H10BrFINO. The Morgan fingerprint density at radius 1 is 1.25 bits per heavy atom. The molecule has 2 aromatic carbocycles. The zero-order chi connectivity index (χ0) is 14.3. The van der Waals surface area contributed by atoms with Gasteiger partial charge in [0.25, 0.3) is 5.91 Å². The molecule has 0 radical (unpaired) electrons. The molecule has 0 fully saturated rings. The van der Waals surface area contributed by atoms with Gasteiger partial charge in [-0.3, -0.25) is 4.79 Å². The van der Waals surface area contributed by atoms with E-state index in [0.717, 1.165) is 20.0 Å². The van der Waals surface area contributed by atoms with E-state index in [1.165, 1.54) is 12.1 Å². The summed E-state index contributed by atoms with van der Waals surface area (Å²) in [6.07, 6.45) is 0.767. The highest BCUT2D eigenvalue weighted by atomic mass is 127. The van der Waals surface area contributed by atoms with Crippen molar-refractivity contribution in [1.82, 2.24) is 0 Å². The van der Waals surface area contributed by atoms with Gasteiger partial charge in [-0.15, -0.1) is 0 Å². The number of carbonyl (C=O) groups is 1. The summed E-state index contributed by atoms with van der Waals surface area (Å²) in [7, 11) is 0. The Morgan fingerprint density at radius 2 is 2.05 bits per heavy atom. The third-order valence-electron chi connectivity index (χ3n) is 3.35. The zero-order valence-corrected chi connectivity index (χ0v) is 14.1. The Morgan fingerprint density at radius 3 is 2.85 bits per heavy atom. The Labute approximate surface area is 138 Å². The number of anilines is 1. The average Bonchev–Trinajstić information content (AvgIpc) is 2.83. The Balaban J connectivity index is 2.01. The van der Waals surface area contributed by atoms with Gasteiger partial charge in [-0.25, -0.2) is 4.39 Å². The highest BCUT2D eigenvalue weighted by Gasteiger charge is 2.27. The van der Waals surface area contributed by atoms with Crippen LogP contribution in [0.25, 0.3) is 0 Å². The molecule has 2 aromatic rings. The number of amides is 1. The van der Waals surface area contributed by atoms with Crippen LogP contribution in [0, 0.1) is 9.39 Å². The average molecular weight is 446 g/mol. The topological polar surface area (TPSA) is 20.3 Å². The van der Waals surface area contributed by atoms with Gasteiger partial charge in [0.2, 0.25) is 0 Å². The number of fused-ring (bicyclic) bond motifs is 1. The van der Waals surface area contributed by atoms with E-state index in [1.54, 1.807) is 11.0 Å².